The zero-order chi connectivity index (χ0) is 23.9. The Bertz CT molecular complexity index is 1280. The molecule has 0 bridgehead atoms. The largest absolute Gasteiger partial charge is 0.325 e. The lowest BCUT2D eigenvalue weighted by molar-refractivity contribution is -0.115. The van der Waals surface area contributed by atoms with Gasteiger partial charge < -0.3 is 10.6 Å². The second kappa shape index (κ2) is 11.0. The number of anilines is 2. The van der Waals surface area contributed by atoms with Crippen molar-refractivity contribution in [2.45, 2.75) is 10.1 Å². The highest BCUT2D eigenvalue weighted by atomic mass is 35.5. The van der Waals surface area contributed by atoms with Gasteiger partial charge in [-0.05, 0) is 72.3 Å². The predicted molar refractivity (Wildman–Crippen MR) is 136 cm³/mol. The van der Waals surface area contributed by atoms with Crippen LogP contribution in [0.25, 0.3) is 0 Å². The molecule has 0 aliphatic carbocycles. The number of hydrogen-bond acceptors (Lipinski definition) is 3. The van der Waals surface area contributed by atoms with Crippen molar-refractivity contribution in [2.75, 3.05) is 10.6 Å². The van der Waals surface area contributed by atoms with E-state index < -0.39 is 5.25 Å². The molecule has 34 heavy (non-hydrogen) atoms. The Kier molecular flexibility index (Phi) is 7.62. The maximum absolute atomic E-state index is 13.2. The van der Waals surface area contributed by atoms with Gasteiger partial charge in [0.15, 0.2) is 0 Å². The van der Waals surface area contributed by atoms with Gasteiger partial charge in [-0.1, -0.05) is 48.0 Å². The molecule has 2 amide bonds. The normalized spacial score (nSPS) is 11.5. The fraction of sp³-hybridized carbons (Fsp3) is 0.0370. The Hall–Kier alpha value is -3.61. The molecule has 0 saturated heterocycles. The summed E-state index contributed by atoms with van der Waals surface area (Å²) in [5, 5.41) is 5.66. The molecule has 0 aliphatic heterocycles. The average Bonchev–Trinajstić information content (AvgIpc) is 2.85. The highest BCUT2D eigenvalue weighted by molar-refractivity contribution is 8.00. The van der Waals surface area contributed by atoms with Crippen LogP contribution in [0.2, 0.25) is 5.02 Å². The van der Waals surface area contributed by atoms with Gasteiger partial charge in [-0.2, -0.15) is 0 Å². The first kappa shape index (κ1) is 23.5. The molecule has 0 spiro atoms. The maximum atomic E-state index is 13.2. The van der Waals surface area contributed by atoms with E-state index in [-0.39, 0.29) is 17.6 Å². The van der Waals surface area contributed by atoms with Crippen LogP contribution in [-0.4, -0.2) is 11.8 Å². The number of thioether (sulfide) groups is 1. The molecule has 2 N–H and O–H groups in total. The first-order valence-corrected chi connectivity index (χ1v) is 11.7. The first-order valence-electron chi connectivity index (χ1n) is 10.4. The first-order chi connectivity index (χ1) is 16.5. The highest BCUT2D eigenvalue weighted by Crippen LogP contribution is 2.36. The van der Waals surface area contributed by atoms with Crippen LogP contribution in [-0.2, 0) is 4.79 Å². The summed E-state index contributed by atoms with van der Waals surface area (Å²) in [5.41, 5.74) is 2.45. The summed E-state index contributed by atoms with van der Waals surface area (Å²) in [7, 11) is 0. The minimum Gasteiger partial charge on any atom is -0.325 e. The molecule has 0 aromatic heterocycles. The standard InChI is InChI=1S/C27H20ClFN2O2S/c28-20-8-4-7-19(17-20)26(32)30-23-13-15-24(16-14-23)34-25(18-5-2-1-3-6-18)27(33)31-22-11-9-21(29)10-12-22/h1-17,25H,(H,30,32)(H,31,33). The SMILES string of the molecule is O=C(Nc1ccc(SC(C(=O)Nc2ccc(F)cc2)c2ccccc2)cc1)c1cccc(Cl)c1. The molecule has 4 nitrogen and oxygen atoms in total. The topological polar surface area (TPSA) is 58.2 Å². The number of benzene rings is 4. The lowest BCUT2D eigenvalue weighted by Crippen LogP contribution is -2.19. The molecule has 4 rings (SSSR count). The number of carbonyl (C=O) groups is 2. The summed E-state index contributed by atoms with van der Waals surface area (Å²) in [6, 6.07) is 29.1. The number of rotatable bonds is 7. The summed E-state index contributed by atoms with van der Waals surface area (Å²) < 4.78 is 13.2. The van der Waals surface area contributed by atoms with Crippen molar-refractivity contribution in [2.24, 2.45) is 0 Å². The van der Waals surface area contributed by atoms with Gasteiger partial charge in [0.2, 0.25) is 5.91 Å². The fourth-order valence-corrected chi connectivity index (χ4v) is 4.44. The van der Waals surface area contributed by atoms with Gasteiger partial charge >= 0.3 is 0 Å². The smallest absolute Gasteiger partial charge is 0.255 e. The molecule has 0 fully saturated rings. The molecule has 7 heteroatoms. The van der Waals surface area contributed by atoms with Crippen molar-refractivity contribution in [1.29, 1.82) is 0 Å². The quantitative estimate of drug-likeness (QED) is 0.269. The second-order valence-electron chi connectivity index (χ2n) is 7.39. The van der Waals surface area contributed by atoms with E-state index in [9.17, 15) is 14.0 Å². The number of carbonyl (C=O) groups excluding carboxylic acids is 2. The number of hydrogen-bond donors (Lipinski definition) is 2. The number of amides is 2. The van der Waals surface area contributed by atoms with E-state index in [0.29, 0.717) is 22.0 Å². The van der Waals surface area contributed by atoms with E-state index >= 15 is 0 Å². The van der Waals surface area contributed by atoms with E-state index in [1.807, 2.05) is 42.5 Å². The van der Waals surface area contributed by atoms with Gasteiger partial charge in [-0.15, -0.1) is 11.8 Å². The molecule has 1 atom stereocenters. The van der Waals surface area contributed by atoms with Crippen LogP contribution in [0.4, 0.5) is 15.8 Å². The van der Waals surface area contributed by atoms with Crippen LogP contribution in [0.15, 0.2) is 108 Å². The predicted octanol–water partition coefficient (Wildman–Crippen LogP) is 7.20. The molecular weight excluding hydrogens is 471 g/mol. The van der Waals surface area contributed by atoms with Crippen LogP contribution < -0.4 is 10.6 Å². The average molecular weight is 491 g/mol. The van der Waals surface area contributed by atoms with Crippen molar-refractivity contribution in [3.8, 4) is 0 Å². The van der Waals surface area contributed by atoms with Crippen LogP contribution in [0.5, 0.6) is 0 Å². The molecule has 4 aromatic rings. The number of halogens is 2. The Morgan fingerprint density at radius 3 is 2.09 bits per heavy atom. The lowest BCUT2D eigenvalue weighted by Gasteiger charge is -2.17. The van der Waals surface area contributed by atoms with E-state index in [1.54, 1.807) is 36.4 Å². The third-order valence-corrected chi connectivity index (χ3v) is 6.41. The zero-order valence-electron chi connectivity index (χ0n) is 17.9. The minimum absolute atomic E-state index is 0.221. The van der Waals surface area contributed by atoms with E-state index in [2.05, 4.69) is 10.6 Å². The zero-order valence-corrected chi connectivity index (χ0v) is 19.4. The number of nitrogens with one attached hydrogen (secondary N) is 2. The van der Waals surface area contributed by atoms with Crippen LogP contribution in [0, 0.1) is 5.82 Å². The van der Waals surface area contributed by atoms with Gasteiger partial charge in [-0.25, -0.2) is 4.39 Å². The molecular formula is C27H20ClFN2O2S. The van der Waals surface area contributed by atoms with E-state index in [4.69, 9.17) is 11.6 Å². The van der Waals surface area contributed by atoms with E-state index in [1.165, 1.54) is 36.0 Å². The summed E-state index contributed by atoms with van der Waals surface area (Å²) in [6.45, 7) is 0. The maximum Gasteiger partial charge on any atom is 0.255 e. The Morgan fingerprint density at radius 2 is 1.41 bits per heavy atom. The summed E-state index contributed by atoms with van der Waals surface area (Å²) in [6.07, 6.45) is 0. The van der Waals surface area contributed by atoms with Crippen LogP contribution in [0.3, 0.4) is 0 Å². The Morgan fingerprint density at radius 1 is 0.765 bits per heavy atom. The highest BCUT2D eigenvalue weighted by Gasteiger charge is 2.22. The van der Waals surface area contributed by atoms with Gasteiger partial charge in [0.25, 0.3) is 5.91 Å². The van der Waals surface area contributed by atoms with Crippen molar-refractivity contribution in [3.05, 3.63) is 125 Å². The molecule has 1 unspecified atom stereocenters. The van der Waals surface area contributed by atoms with Crippen molar-refractivity contribution >= 4 is 46.6 Å². The van der Waals surface area contributed by atoms with Gasteiger partial charge in [-0.3, -0.25) is 9.59 Å². The molecule has 0 radical (unpaired) electrons. The molecule has 0 heterocycles. The third kappa shape index (κ3) is 6.25. The molecule has 0 saturated carbocycles. The lowest BCUT2D eigenvalue weighted by atomic mass is 10.1. The van der Waals surface area contributed by atoms with Crippen LogP contribution in [0.1, 0.15) is 21.2 Å². The Labute approximate surface area is 206 Å². The van der Waals surface area contributed by atoms with Crippen molar-refractivity contribution in [1.82, 2.24) is 0 Å². The second-order valence-corrected chi connectivity index (χ2v) is 9.01. The molecule has 0 aliphatic rings. The third-order valence-electron chi connectivity index (χ3n) is 4.91. The fourth-order valence-electron chi connectivity index (χ4n) is 3.23. The Balaban J connectivity index is 1.48. The monoisotopic (exact) mass is 490 g/mol. The minimum atomic E-state index is -0.529. The van der Waals surface area contributed by atoms with Crippen LogP contribution >= 0.6 is 23.4 Å². The summed E-state index contributed by atoms with van der Waals surface area (Å²) >= 11 is 7.35. The molecule has 4 aromatic carbocycles. The van der Waals surface area contributed by atoms with E-state index in [0.717, 1.165) is 10.5 Å². The van der Waals surface area contributed by atoms with Gasteiger partial charge in [0.1, 0.15) is 11.1 Å². The van der Waals surface area contributed by atoms with Gasteiger partial charge in [0, 0.05) is 26.9 Å². The van der Waals surface area contributed by atoms with Crippen molar-refractivity contribution in [3.63, 3.8) is 0 Å². The van der Waals surface area contributed by atoms with Crippen molar-refractivity contribution < 1.29 is 14.0 Å². The molecule has 170 valence electrons. The summed E-state index contributed by atoms with van der Waals surface area (Å²) in [4.78, 5) is 26.4. The summed E-state index contributed by atoms with van der Waals surface area (Å²) in [5.74, 6) is -0.848. The van der Waals surface area contributed by atoms with Gasteiger partial charge in [0.05, 0.1) is 0 Å².